The third-order valence-electron chi connectivity index (χ3n) is 3.33. The molecule has 0 atom stereocenters. The molecule has 0 saturated carbocycles. The van der Waals surface area contributed by atoms with Gasteiger partial charge in [0.25, 0.3) is 0 Å². The minimum atomic E-state index is -0.526. The fourth-order valence-corrected chi connectivity index (χ4v) is 2.48. The minimum Gasteiger partial charge on any atom is -0.462 e. The van der Waals surface area contributed by atoms with Crippen LogP contribution >= 0.6 is 11.6 Å². The van der Waals surface area contributed by atoms with Gasteiger partial charge in [0, 0.05) is 5.69 Å². The summed E-state index contributed by atoms with van der Waals surface area (Å²) in [4.78, 5) is 20.4. The van der Waals surface area contributed by atoms with Gasteiger partial charge in [-0.3, -0.25) is 0 Å². The van der Waals surface area contributed by atoms with Gasteiger partial charge in [0.15, 0.2) is 0 Å². The molecule has 1 aromatic carbocycles. The molecule has 0 spiro atoms. The Morgan fingerprint density at radius 1 is 1.42 bits per heavy atom. The van der Waals surface area contributed by atoms with Gasteiger partial charge in [-0.25, -0.2) is 19.2 Å². The number of halogens is 2. The van der Waals surface area contributed by atoms with Crippen LogP contribution < -0.4 is 5.32 Å². The zero-order valence-electron chi connectivity index (χ0n) is 12.9. The molecule has 24 heavy (non-hydrogen) atoms. The maximum Gasteiger partial charge on any atom is 0.342 e. The summed E-state index contributed by atoms with van der Waals surface area (Å²) in [5, 5.41) is 3.36. The van der Waals surface area contributed by atoms with Crippen molar-refractivity contribution in [2.75, 3.05) is 11.9 Å². The fraction of sp³-hybridized carbons (Fsp3) is 0.188. The summed E-state index contributed by atoms with van der Waals surface area (Å²) in [5.41, 5.74) is 1.01. The number of ether oxygens (including phenoxy) is 1. The second-order valence-electron chi connectivity index (χ2n) is 4.91. The van der Waals surface area contributed by atoms with Crippen LogP contribution in [0.3, 0.4) is 0 Å². The molecular formula is C16H13ClFN3O3. The second kappa shape index (κ2) is 6.45. The van der Waals surface area contributed by atoms with E-state index in [2.05, 4.69) is 15.3 Å². The van der Waals surface area contributed by atoms with Gasteiger partial charge in [-0.1, -0.05) is 11.6 Å². The highest BCUT2D eigenvalue weighted by Crippen LogP contribution is 2.32. The van der Waals surface area contributed by atoms with Gasteiger partial charge in [-0.2, -0.15) is 0 Å². The van der Waals surface area contributed by atoms with E-state index in [4.69, 9.17) is 20.8 Å². The van der Waals surface area contributed by atoms with E-state index in [1.54, 1.807) is 13.8 Å². The second-order valence-corrected chi connectivity index (χ2v) is 5.32. The molecule has 0 amide bonds. The smallest absolute Gasteiger partial charge is 0.342 e. The molecule has 0 aliphatic rings. The van der Waals surface area contributed by atoms with E-state index < -0.39 is 11.8 Å². The predicted molar refractivity (Wildman–Crippen MR) is 87.2 cm³/mol. The maximum absolute atomic E-state index is 13.3. The Bertz CT molecular complexity index is 926. The molecule has 0 radical (unpaired) electrons. The Kier molecular flexibility index (Phi) is 4.35. The van der Waals surface area contributed by atoms with Crippen molar-refractivity contribution in [2.45, 2.75) is 13.8 Å². The van der Waals surface area contributed by atoms with E-state index in [1.165, 1.54) is 24.5 Å². The van der Waals surface area contributed by atoms with Gasteiger partial charge in [-0.15, -0.1) is 0 Å². The van der Waals surface area contributed by atoms with Crippen molar-refractivity contribution in [3.8, 4) is 0 Å². The molecule has 0 aliphatic heterocycles. The van der Waals surface area contributed by atoms with Crippen LogP contribution in [0.25, 0.3) is 11.1 Å². The summed E-state index contributed by atoms with van der Waals surface area (Å²) >= 11 is 5.78. The van der Waals surface area contributed by atoms with Gasteiger partial charge >= 0.3 is 5.97 Å². The number of hydrogen-bond donors (Lipinski definition) is 1. The summed E-state index contributed by atoms with van der Waals surface area (Å²) < 4.78 is 23.9. The standard InChI is InChI=1S/C16H13ClFN3O3/c1-3-23-16(22)12-8(2)24-15-13(12)14(19-7-20-15)21-9-4-5-11(18)10(17)6-9/h4-7H,3H2,1-2H3,(H,19,20,21). The van der Waals surface area contributed by atoms with Crippen LogP contribution in [0.15, 0.2) is 28.9 Å². The van der Waals surface area contributed by atoms with Crippen molar-refractivity contribution < 1.29 is 18.3 Å². The lowest BCUT2D eigenvalue weighted by Gasteiger charge is -2.08. The first kappa shape index (κ1) is 16.2. The molecule has 124 valence electrons. The topological polar surface area (TPSA) is 77.2 Å². The number of fused-ring (bicyclic) bond motifs is 1. The van der Waals surface area contributed by atoms with E-state index in [9.17, 15) is 9.18 Å². The van der Waals surface area contributed by atoms with Crippen molar-refractivity contribution in [3.05, 3.63) is 46.7 Å². The number of anilines is 2. The predicted octanol–water partition coefficient (Wildman–Crippen LogP) is 4.24. The quantitative estimate of drug-likeness (QED) is 0.710. The molecule has 2 heterocycles. The highest BCUT2D eigenvalue weighted by molar-refractivity contribution is 6.31. The zero-order valence-corrected chi connectivity index (χ0v) is 13.6. The number of furan rings is 1. The molecule has 1 N–H and O–H groups in total. The summed E-state index contributed by atoms with van der Waals surface area (Å²) in [6.45, 7) is 3.59. The fourth-order valence-electron chi connectivity index (χ4n) is 2.30. The molecule has 3 aromatic rings. The Morgan fingerprint density at radius 3 is 2.92 bits per heavy atom. The average molecular weight is 350 g/mol. The number of hydrogen-bond acceptors (Lipinski definition) is 6. The number of aryl methyl sites for hydroxylation is 1. The van der Waals surface area contributed by atoms with E-state index >= 15 is 0 Å². The van der Waals surface area contributed by atoms with Gasteiger partial charge in [0.1, 0.15) is 29.3 Å². The largest absolute Gasteiger partial charge is 0.462 e. The van der Waals surface area contributed by atoms with Crippen molar-refractivity contribution >= 4 is 40.2 Å². The summed E-state index contributed by atoms with van der Waals surface area (Å²) in [6.07, 6.45) is 1.30. The molecule has 0 bridgehead atoms. The van der Waals surface area contributed by atoms with Crippen LogP contribution in [-0.2, 0) is 4.74 Å². The third-order valence-corrected chi connectivity index (χ3v) is 3.62. The number of esters is 1. The molecule has 0 saturated heterocycles. The zero-order chi connectivity index (χ0) is 17.3. The van der Waals surface area contributed by atoms with Crippen molar-refractivity contribution in [3.63, 3.8) is 0 Å². The number of nitrogens with zero attached hydrogens (tertiary/aromatic N) is 2. The third kappa shape index (κ3) is 2.90. The minimum absolute atomic E-state index is 0.0284. The van der Waals surface area contributed by atoms with Crippen LogP contribution in [0, 0.1) is 12.7 Å². The summed E-state index contributed by atoms with van der Waals surface area (Å²) in [5.74, 6) is -0.336. The lowest BCUT2D eigenvalue weighted by Crippen LogP contribution is -2.06. The van der Waals surface area contributed by atoms with Crippen LogP contribution in [0.5, 0.6) is 0 Å². The molecular weight excluding hydrogens is 337 g/mol. The molecule has 8 heteroatoms. The Labute approximate surface area is 141 Å². The Balaban J connectivity index is 2.10. The van der Waals surface area contributed by atoms with E-state index in [-0.39, 0.29) is 22.9 Å². The normalized spacial score (nSPS) is 10.8. The number of aromatic nitrogens is 2. The summed E-state index contributed by atoms with van der Waals surface area (Å²) in [7, 11) is 0. The molecule has 3 rings (SSSR count). The first-order valence-electron chi connectivity index (χ1n) is 7.14. The van der Waals surface area contributed by atoms with Gasteiger partial charge in [-0.05, 0) is 32.0 Å². The van der Waals surface area contributed by atoms with Crippen LogP contribution in [0.2, 0.25) is 5.02 Å². The molecule has 0 unspecified atom stereocenters. The highest BCUT2D eigenvalue weighted by atomic mass is 35.5. The number of benzene rings is 1. The van der Waals surface area contributed by atoms with Crippen molar-refractivity contribution in [1.29, 1.82) is 0 Å². The van der Waals surface area contributed by atoms with Gasteiger partial charge in [0.05, 0.1) is 17.0 Å². The van der Waals surface area contributed by atoms with Crippen molar-refractivity contribution in [1.82, 2.24) is 9.97 Å². The maximum atomic E-state index is 13.3. The Hall–Kier alpha value is -2.67. The molecule has 6 nitrogen and oxygen atoms in total. The van der Waals surface area contributed by atoms with Crippen LogP contribution in [0.1, 0.15) is 23.0 Å². The Morgan fingerprint density at radius 2 is 2.21 bits per heavy atom. The number of carbonyl (C=O) groups is 1. The first-order valence-corrected chi connectivity index (χ1v) is 7.52. The molecule has 2 aromatic heterocycles. The van der Waals surface area contributed by atoms with E-state index in [0.717, 1.165) is 0 Å². The average Bonchev–Trinajstić information content (AvgIpc) is 2.88. The number of rotatable bonds is 4. The number of carbonyl (C=O) groups excluding carboxylic acids is 1. The van der Waals surface area contributed by atoms with Crippen LogP contribution in [0.4, 0.5) is 15.9 Å². The molecule has 0 fully saturated rings. The lowest BCUT2D eigenvalue weighted by atomic mass is 10.2. The lowest BCUT2D eigenvalue weighted by molar-refractivity contribution is 0.0526. The first-order chi connectivity index (χ1) is 11.5. The molecule has 0 aliphatic carbocycles. The van der Waals surface area contributed by atoms with Gasteiger partial charge in [0.2, 0.25) is 5.71 Å². The SMILES string of the molecule is CCOC(=O)c1c(C)oc2ncnc(Nc3ccc(F)c(Cl)c3)c12. The van der Waals surface area contributed by atoms with Gasteiger partial charge < -0.3 is 14.5 Å². The van der Waals surface area contributed by atoms with E-state index in [1.807, 2.05) is 0 Å². The highest BCUT2D eigenvalue weighted by Gasteiger charge is 2.23. The van der Waals surface area contributed by atoms with Crippen molar-refractivity contribution in [2.24, 2.45) is 0 Å². The van der Waals surface area contributed by atoms with E-state index in [0.29, 0.717) is 22.7 Å². The van der Waals surface area contributed by atoms with Crippen LogP contribution in [-0.4, -0.2) is 22.5 Å². The summed E-state index contributed by atoms with van der Waals surface area (Å²) in [6, 6.07) is 4.16. The number of nitrogens with one attached hydrogen (secondary N) is 1. The monoisotopic (exact) mass is 349 g/mol.